The molecule has 0 spiro atoms. The van der Waals surface area contributed by atoms with Gasteiger partial charge < -0.3 is 15.6 Å². The molecule has 0 atom stereocenters. The summed E-state index contributed by atoms with van der Waals surface area (Å²) in [6.45, 7) is 4.16. The van der Waals surface area contributed by atoms with Crippen LogP contribution < -0.4 is 11.1 Å². The second kappa shape index (κ2) is 5.76. The number of nitrogens with one attached hydrogen (secondary N) is 2. The van der Waals surface area contributed by atoms with Crippen LogP contribution in [-0.2, 0) is 11.3 Å². The van der Waals surface area contributed by atoms with Crippen LogP contribution in [0.2, 0.25) is 0 Å². The van der Waals surface area contributed by atoms with E-state index in [0.717, 1.165) is 21.8 Å². The molecule has 3 rings (SSSR count). The normalized spacial score (nSPS) is 11.3. The highest BCUT2D eigenvalue weighted by molar-refractivity contribution is 6.11. The van der Waals surface area contributed by atoms with Crippen molar-refractivity contribution in [2.45, 2.75) is 26.4 Å². The quantitative estimate of drug-likeness (QED) is 0.511. The van der Waals surface area contributed by atoms with Gasteiger partial charge in [-0.15, -0.1) is 0 Å². The van der Waals surface area contributed by atoms with Crippen LogP contribution in [0.4, 0.5) is 0 Å². The molecule has 0 bridgehead atoms. The molecule has 0 aliphatic rings. The number of hydrogen-bond donors (Lipinski definition) is 3. The second-order valence-electron chi connectivity index (χ2n) is 5.97. The van der Waals surface area contributed by atoms with Crippen molar-refractivity contribution in [2.24, 2.45) is 5.73 Å². The largest absolute Gasteiger partial charge is 0.384 e. The molecule has 1 aromatic heterocycles. The molecule has 0 saturated heterocycles. The Hall–Kier alpha value is -2.82. The Morgan fingerprint density at radius 3 is 2.57 bits per heavy atom. The van der Waals surface area contributed by atoms with Gasteiger partial charge in [0.25, 0.3) is 0 Å². The molecule has 0 aliphatic heterocycles. The van der Waals surface area contributed by atoms with Crippen molar-refractivity contribution in [2.75, 3.05) is 0 Å². The summed E-state index contributed by atoms with van der Waals surface area (Å²) in [4.78, 5) is 12.2. The predicted molar refractivity (Wildman–Crippen MR) is 93.7 cm³/mol. The van der Waals surface area contributed by atoms with Crippen LogP contribution in [0.5, 0.6) is 0 Å². The third-order valence-electron chi connectivity index (χ3n) is 3.83. The molecular weight excluding hydrogens is 288 g/mol. The van der Waals surface area contributed by atoms with Crippen LogP contribution in [0.15, 0.2) is 42.5 Å². The molecule has 0 radical (unpaired) electrons. The smallest absolute Gasteiger partial charge is 0.240 e. The maximum Gasteiger partial charge on any atom is 0.240 e. The molecule has 1 amide bonds. The average molecular weight is 308 g/mol. The molecule has 4 N–H and O–H groups in total. The maximum atomic E-state index is 12.2. The molecule has 0 aliphatic carbocycles. The van der Waals surface area contributed by atoms with Gasteiger partial charge in [-0.05, 0) is 38.1 Å². The minimum absolute atomic E-state index is 0.0155. The Bertz CT molecular complexity index is 908. The Balaban J connectivity index is 2.19. The van der Waals surface area contributed by atoms with Crippen molar-refractivity contribution in [1.82, 2.24) is 9.88 Å². The van der Waals surface area contributed by atoms with Crippen molar-refractivity contribution >= 4 is 33.5 Å². The lowest BCUT2D eigenvalue weighted by atomic mass is 10.1. The third-order valence-corrected chi connectivity index (χ3v) is 3.83. The molecule has 5 heteroatoms. The van der Waals surface area contributed by atoms with Gasteiger partial charge in [0, 0.05) is 33.4 Å². The highest BCUT2D eigenvalue weighted by atomic mass is 16.2. The lowest BCUT2D eigenvalue weighted by Crippen LogP contribution is -2.33. The number of para-hydroxylation sites is 1. The van der Waals surface area contributed by atoms with Crippen molar-refractivity contribution in [3.8, 4) is 0 Å². The molecule has 2 aromatic carbocycles. The molecular formula is C18H20N4O. The maximum absolute atomic E-state index is 12.2. The van der Waals surface area contributed by atoms with Gasteiger partial charge in [-0.25, -0.2) is 0 Å². The van der Waals surface area contributed by atoms with E-state index in [2.05, 4.69) is 5.32 Å². The summed E-state index contributed by atoms with van der Waals surface area (Å²) in [5.74, 6) is 0.0274. The molecule has 1 heterocycles. The minimum Gasteiger partial charge on any atom is -0.384 e. The Kier molecular flexibility index (Phi) is 3.78. The molecule has 5 nitrogen and oxygen atoms in total. The third kappa shape index (κ3) is 2.77. The Morgan fingerprint density at radius 1 is 1.17 bits per heavy atom. The van der Waals surface area contributed by atoms with Gasteiger partial charge in [0.2, 0.25) is 5.91 Å². The number of nitrogens with zero attached hydrogens (tertiary/aromatic N) is 1. The molecule has 0 unspecified atom stereocenters. The first kappa shape index (κ1) is 15.1. The first-order valence-corrected chi connectivity index (χ1v) is 7.62. The van der Waals surface area contributed by atoms with Gasteiger partial charge in [-0.1, -0.05) is 18.2 Å². The van der Waals surface area contributed by atoms with Crippen molar-refractivity contribution in [3.63, 3.8) is 0 Å². The number of carbonyl (C=O) groups excluding carboxylic acids is 1. The van der Waals surface area contributed by atoms with Crippen LogP contribution in [0.1, 0.15) is 19.4 Å². The van der Waals surface area contributed by atoms with Crippen LogP contribution in [0.3, 0.4) is 0 Å². The topological polar surface area (TPSA) is 83.9 Å². The van der Waals surface area contributed by atoms with Crippen LogP contribution >= 0.6 is 0 Å². The zero-order valence-corrected chi connectivity index (χ0v) is 13.3. The summed E-state index contributed by atoms with van der Waals surface area (Å²) >= 11 is 0. The fourth-order valence-corrected chi connectivity index (χ4v) is 2.90. The molecule has 23 heavy (non-hydrogen) atoms. The standard InChI is InChI=1S/C18H20N4O/c1-11(2)21-17(23)10-22-15-6-4-3-5-13(15)14-9-12(18(19)20)7-8-16(14)22/h3-9,11H,10H2,1-2H3,(H3,19,20)(H,21,23). The van der Waals surface area contributed by atoms with Crippen LogP contribution in [-0.4, -0.2) is 22.4 Å². The van der Waals surface area contributed by atoms with Gasteiger partial charge in [-0.2, -0.15) is 0 Å². The van der Waals surface area contributed by atoms with Crippen LogP contribution in [0, 0.1) is 5.41 Å². The van der Waals surface area contributed by atoms with E-state index in [0.29, 0.717) is 5.56 Å². The van der Waals surface area contributed by atoms with Gasteiger partial charge in [-0.3, -0.25) is 10.2 Å². The zero-order chi connectivity index (χ0) is 16.6. The van der Waals surface area contributed by atoms with E-state index in [1.807, 2.05) is 60.9 Å². The first-order chi connectivity index (χ1) is 11.0. The number of hydrogen-bond acceptors (Lipinski definition) is 2. The second-order valence-corrected chi connectivity index (χ2v) is 5.97. The van der Waals surface area contributed by atoms with E-state index < -0.39 is 0 Å². The summed E-state index contributed by atoms with van der Waals surface area (Å²) in [5, 5.41) is 12.6. The zero-order valence-electron chi connectivity index (χ0n) is 13.3. The van der Waals surface area contributed by atoms with Gasteiger partial charge >= 0.3 is 0 Å². The van der Waals surface area contributed by atoms with E-state index >= 15 is 0 Å². The molecule has 118 valence electrons. The number of benzene rings is 2. The number of aromatic nitrogens is 1. The molecule has 0 saturated carbocycles. The van der Waals surface area contributed by atoms with Gasteiger partial charge in [0.05, 0.1) is 0 Å². The number of amides is 1. The van der Waals surface area contributed by atoms with Crippen molar-refractivity contribution < 1.29 is 4.79 Å². The summed E-state index contributed by atoms with van der Waals surface area (Å²) in [5.41, 5.74) is 8.26. The van der Waals surface area contributed by atoms with Gasteiger partial charge in [0.15, 0.2) is 0 Å². The SMILES string of the molecule is CC(C)NC(=O)Cn1c2ccccc2c2cc(C(=N)N)ccc21. The van der Waals surface area contributed by atoms with E-state index in [1.54, 1.807) is 0 Å². The monoisotopic (exact) mass is 308 g/mol. The highest BCUT2D eigenvalue weighted by Gasteiger charge is 2.14. The number of carbonyl (C=O) groups is 1. The minimum atomic E-state index is -0.0155. The van der Waals surface area contributed by atoms with E-state index in [4.69, 9.17) is 11.1 Å². The Labute approximate surface area is 134 Å². The molecule has 0 fully saturated rings. The first-order valence-electron chi connectivity index (χ1n) is 7.62. The lowest BCUT2D eigenvalue weighted by molar-refractivity contribution is -0.122. The number of rotatable bonds is 4. The predicted octanol–water partition coefficient (Wildman–Crippen LogP) is 2.60. The van der Waals surface area contributed by atoms with Crippen LogP contribution in [0.25, 0.3) is 21.8 Å². The van der Waals surface area contributed by atoms with E-state index in [1.165, 1.54) is 0 Å². The summed E-state index contributed by atoms with van der Waals surface area (Å²) in [7, 11) is 0. The summed E-state index contributed by atoms with van der Waals surface area (Å²) in [6.07, 6.45) is 0. The number of nitrogens with two attached hydrogens (primary N) is 1. The summed E-state index contributed by atoms with van der Waals surface area (Å²) in [6, 6.07) is 13.7. The number of fused-ring (bicyclic) bond motifs is 3. The number of nitrogen functional groups attached to an aromatic ring is 1. The van der Waals surface area contributed by atoms with E-state index in [-0.39, 0.29) is 24.3 Å². The lowest BCUT2D eigenvalue weighted by Gasteiger charge is -2.11. The fourth-order valence-electron chi connectivity index (χ4n) is 2.90. The Morgan fingerprint density at radius 2 is 1.87 bits per heavy atom. The van der Waals surface area contributed by atoms with Crippen molar-refractivity contribution in [3.05, 3.63) is 48.0 Å². The van der Waals surface area contributed by atoms with E-state index in [9.17, 15) is 4.79 Å². The average Bonchev–Trinajstić information content (AvgIpc) is 2.80. The number of amidine groups is 1. The fraction of sp³-hybridized carbons (Fsp3) is 0.222. The van der Waals surface area contributed by atoms with Crippen molar-refractivity contribution in [1.29, 1.82) is 5.41 Å². The van der Waals surface area contributed by atoms with Gasteiger partial charge in [0.1, 0.15) is 12.4 Å². The molecule has 3 aromatic rings. The highest BCUT2D eigenvalue weighted by Crippen LogP contribution is 2.29. The summed E-state index contributed by atoms with van der Waals surface area (Å²) < 4.78 is 2.01.